The van der Waals surface area contributed by atoms with Crippen molar-refractivity contribution in [3.63, 3.8) is 0 Å². The second-order valence-corrected chi connectivity index (χ2v) is 16.8. The molecular formula is C62H36F8IrN7-3. The third-order valence-electron chi connectivity index (χ3n) is 11.7. The summed E-state index contributed by atoms with van der Waals surface area (Å²) >= 11 is 0. The zero-order chi connectivity index (χ0) is 53.4. The normalized spacial score (nSPS) is 10.7. The molecule has 0 fully saturated rings. The van der Waals surface area contributed by atoms with Crippen LogP contribution in [0.2, 0.25) is 0 Å². The number of aromatic nitrogens is 7. The minimum Gasteiger partial charge on any atom is -0.574 e. The van der Waals surface area contributed by atoms with Crippen molar-refractivity contribution in [3.05, 3.63) is 290 Å². The van der Waals surface area contributed by atoms with Gasteiger partial charge in [-0.1, -0.05) is 139 Å². The van der Waals surface area contributed by atoms with Gasteiger partial charge in [0.2, 0.25) is 0 Å². The van der Waals surface area contributed by atoms with Gasteiger partial charge in [0.1, 0.15) is 34.6 Å². The third kappa shape index (κ3) is 11.6. The first-order valence-electron chi connectivity index (χ1n) is 23.4. The topological polar surface area (TPSA) is 57.5 Å². The van der Waals surface area contributed by atoms with E-state index in [4.69, 9.17) is 0 Å². The number of imidazole rings is 2. The van der Waals surface area contributed by atoms with Gasteiger partial charge >= 0.3 is 0 Å². The Labute approximate surface area is 455 Å². The van der Waals surface area contributed by atoms with Crippen molar-refractivity contribution in [1.29, 1.82) is 0 Å². The number of pyridine rings is 1. The number of halogens is 8. The Morgan fingerprint density at radius 2 is 0.795 bits per heavy atom. The summed E-state index contributed by atoms with van der Waals surface area (Å²) in [7, 11) is 0. The second-order valence-electron chi connectivity index (χ2n) is 16.8. The Hall–Kier alpha value is -9.37. The van der Waals surface area contributed by atoms with Crippen LogP contribution >= 0.6 is 0 Å². The van der Waals surface area contributed by atoms with E-state index in [1.54, 1.807) is 12.4 Å². The monoisotopic (exact) mass is 1220 g/mol. The van der Waals surface area contributed by atoms with Gasteiger partial charge in [-0.25, -0.2) is 17.6 Å². The largest absolute Gasteiger partial charge is 0.574 e. The molecule has 387 valence electrons. The van der Waals surface area contributed by atoms with Crippen molar-refractivity contribution < 1.29 is 64.4 Å². The Morgan fingerprint density at radius 1 is 0.397 bits per heavy atom. The fraction of sp³-hybridized carbons (Fsp3) is 0. The van der Waals surface area contributed by atoms with Gasteiger partial charge < -0.3 is 19.3 Å². The average molecular weight is 1220 g/mol. The maximum atomic E-state index is 14.9. The van der Waals surface area contributed by atoms with Crippen LogP contribution in [0.15, 0.2) is 219 Å². The van der Waals surface area contributed by atoms with Gasteiger partial charge in [0, 0.05) is 73.6 Å². The van der Waals surface area contributed by atoms with Gasteiger partial charge in [0.15, 0.2) is 0 Å². The zero-order valence-corrected chi connectivity index (χ0v) is 42.7. The summed E-state index contributed by atoms with van der Waals surface area (Å²) in [6, 6.07) is 59.1. The maximum Gasteiger partial charge on any atom is 0.268 e. The van der Waals surface area contributed by atoms with E-state index in [9.17, 15) is 35.1 Å². The SMILES string of the molecule is Fc1c[c-]c(-n2[c-][n+](-c3ccc(F)cc3F)c(-c3ccccc3)c2-c2ccccc2)c(F)c1.Fc1c[c-]c(-n2[c-][n+](-c3ccc(F)cc3F)c(-c3ccccc3)c2-c2ccccc2)c(F)c1.[Ir].c1ccc(-c2ccn[n-]2)nc1. The van der Waals surface area contributed by atoms with E-state index in [0.29, 0.717) is 45.0 Å². The number of nitrogens with zero attached hydrogens (tertiary/aromatic N) is 7. The zero-order valence-electron chi connectivity index (χ0n) is 40.3. The Morgan fingerprint density at radius 3 is 1.15 bits per heavy atom. The summed E-state index contributed by atoms with van der Waals surface area (Å²) in [5.74, 6) is -6.33. The van der Waals surface area contributed by atoms with E-state index in [1.165, 1.54) is 30.4 Å². The maximum absolute atomic E-state index is 14.9. The molecule has 12 rings (SSSR count). The molecule has 7 nitrogen and oxygen atoms in total. The minimum absolute atomic E-state index is 0. The van der Waals surface area contributed by atoms with Gasteiger partial charge in [-0.05, 0) is 70.0 Å². The van der Waals surface area contributed by atoms with Gasteiger partial charge in [0.25, 0.3) is 12.7 Å². The first kappa shape index (κ1) is 53.5. The summed E-state index contributed by atoms with van der Waals surface area (Å²) in [6.07, 6.45) is 9.35. The molecule has 0 saturated heterocycles. The van der Waals surface area contributed by atoms with E-state index in [-0.39, 0.29) is 42.9 Å². The Bertz CT molecular complexity index is 3510. The summed E-state index contributed by atoms with van der Waals surface area (Å²) in [5.41, 5.74) is 6.25. The minimum atomic E-state index is -0.857. The van der Waals surface area contributed by atoms with Crippen LogP contribution in [0.4, 0.5) is 35.1 Å². The molecular weight excluding hydrogens is 1190 g/mol. The van der Waals surface area contributed by atoms with Crippen molar-refractivity contribution in [2.75, 3.05) is 0 Å². The molecule has 12 aromatic rings. The van der Waals surface area contributed by atoms with Crippen molar-refractivity contribution >= 4 is 0 Å². The third-order valence-corrected chi connectivity index (χ3v) is 11.7. The summed E-state index contributed by atoms with van der Waals surface area (Å²) < 4.78 is 120. The van der Waals surface area contributed by atoms with Gasteiger partial charge in [0.05, 0.1) is 22.8 Å². The van der Waals surface area contributed by atoms with E-state index in [1.807, 2.05) is 146 Å². The predicted molar refractivity (Wildman–Crippen MR) is 272 cm³/mol. The number of benzene rings is 8. The molecule has 4 aromatic heterocycles. The fourth-order valence-corrected chi connectivity index (χ4v) is 8.37. The van der Waals surface area contributed by atoms with Crippen LogP contribution in [-0.2, 0) is 20.1 Å². The molecule has 0 spiro atoms. The van der Waals surface area contributed by atoms with E-state index in [2.05, 4.69) is 40.0 Å². The van der Waals surface area contributed by atoms with E-state index >= 15 is 0 Å². The van der Waals surface area contributed by atoms with Gasteiger partial charge in [-0.2, -0.15) is 12.1 Å². The van der Waals surface area contributed by atoms with Crippen molar-refractivity contribution in [2.45, 2.75) is 0 Å². The second kappa shape index (κ2) is 24.1. The molecule has 0 saturated carbocycles. The first-order valence-corrected chi connectivity index (χ1v) is 23.4. The van der Waals surface area contributed by atoms with E-state index < -0.39 is 46.5 Å². The molecule has 0 aliphatic rings. The molecule has 0 bridgehead atoms. The van der Waals surface area contributed by atoms with Crippen LogP contribution in [0, 0.1) is 71.3 Å². The molecule has 1 radical (unpaired) electrons. The van der Waals surface area contributed by atoms with Crippen molar-refractivity contribution in [1.82, 2.24) is 24.3 Å². The molecule has 4 heterocycles. The Balaban J connectivity index is 0.000000157. The molecule has 0 aliphatic heterocycles. The average Bonchev–Trinajstić information content (AvgIpc) is 4.36. The van der Waals surface area contributed by atoms with Crippen LogP contribution < -0.4 is 14.2 Å². The van der Waals surface area contributed by atoms with Crippen LogP contribution in [0.3, 0.4) is 0 Å². The van der Waals surface area contributed by atoms with Gasteiger partial charge in [-0.15, -0.1) is 24.3 Å². The van der Waals surface area contributed by atoms with Crippen LogP contribution in [0.25, 0.3) is 79.2 Å². The van der Waals surface area contributed by atoms with Crippen LogP contribution in [0.1, 0.15) is 0 Å². The molecule has 16 heteroatoms. The summed E-state index contributed by atoms with van der Waals surface area (Å²) in [4.78, 5) is 4.12. The van der Waals surface area contributed by atoms with Crippen LogP contribution in [0.5, 0.6) is 0 Å². The summed E-state index contributed by atoms with van der Waals surface area (Å²) in [5, 5.41) is 7.58. The van der Waals surface area contributed by atoms with Crippen LogP contribution in [-0.4, -0.2) is 19.2 Å². The summed E-state index contributed by atoms with van der Waals surface area (Å²) in [6.45, 7) is 0. The van der Waals surface area contributed by atoms with Gasteiger partial charge in [-0.3, -0.25) is 31.7 Å². The molecule has 0 amide bonds. The predicted octanol–water partition coefficient (Wildman–Crippen LogP) is 13.6. The number of hydrogen-bond donors (Lipinski definition) is 0. The van der Waals surface area contributed by atoms with E-state index in [0.717, 1.165) is 59.9 Å². The molecule has 78 heavy (non-hydrogen) atoms. The Kier molecular flexibility index (Phi) is 16.5. The fourth-order valence-electron chi connectivity index (χ4n) is 8.37. The number of rotatable bonds is 9. The quantitative estimate of drug-likeness (QED) is 0.0822. The molecule has 8 aromatic carbocycles. The van der Waals surface area contributed by atoms with Crippen molar-refractivity contribution in [3.8, 4) is 79.2 Å². The first-order chi connectivity index (χ1) is 37.5. The number of hydrogen-bond acceptors (Lipinski definition) is 2. The smallest absolute Gasteiger partial charge is 0.268 e. The molecule has 0 unspecified atom stereocenters. The molecule has 0 atom stereocenters. The van der Waals surface area contributed by atoms with Crippen molar-refractivity contribution in [2.24, 2.45) is 0 Å². The molecule has 0 N–H and O–H groups in total. The molecule has 0 aliphatic carbocycles. The standard InChI is InChI=1S/2C27H15F4N2.C8H6N3.Ir/c2*28-20-11-13-24(22(30)15-20)32-17-33(25-14-12-21(29)16-23(25)31)27(19-9-5-2-6-10-19)26(32)18-7-3-1-4-8-18;1-2-5-9-7(3-1)8-4-6-10-11-8;/h2*1-13,15-16H;1-6H;/q3*-1;.